The van der Waals surface area contributed by atoms with Crippen molar-refractivity contribution in [2.45, 2.75) is 50.9 Å². The zero-order valence-corrected chi connectivity index (χ0v) is 22.8. The van der Waals surface area contributed by atoms with Crippen LogP contribution in [0.3, 0.4) is 0 Å². The number of halogens is 1. The van der Waals surface area contributed by atoms with E-state index in [1.54, 1.807) is 40.3 Å². The van der Waals surface area contributed by atoms with Crippen LogP contribution in [0.15, 0.2) is 49.1 Å². The molecular weight excluding hydrogens is 504 g/mol. The molecule has 5 rings (SSSR count). The third-order valence-electron chi connectivity index (χ3n) is 7.38. The summed E-state index contributed by atoms with van der Waals surface area (Å²) in [5.41, 5.74) is 1.68. The molecule has 2 aromatic heterocycles. The molecule has 3 aromatic rings. The monoisotopic (exact) mass is 536 g/mol. The first-order valence-electron chi connectivity index (χ1n) is 12.8. The van der Waals surface area contributed by atoms with Crippen LogP contribution in [0.25, 0.3) is 11.6 Å². The summed E-state index contributed by atoms with van der Waals surface area (Å²) in [4.78, 5) is 23.2. The molecule has 1 aromatic carbocycles. The smallest absolute Gasteiger partial charge is 0.410 e. The van der Waals surface area contributed by atoms with Crippen molar-refractivity contribution in [1.29, 1.82) is 0 Å². The molecule has 0 saturated carbocycles. The van der Waals surface area contributed by atoms with E-state index in [1.165, 1.54) is 0 Å². The highest BCUT2D eigenvalue weighted by Gasteiger charge is 2.47. The number of amides is 1. The second-order valence-electron chi connectivity index (χ2n) is 11.1. The van der Waals surface area contributed by atoms with E-state index in [2.05, 4.69) is 9.97 Å². The van der Waals surface area contributed by atoms with Crippen molar-refractivity contribution < 1.29 is 19.7 Å². The number of aliphatic hydroxyl groups excluding tert-OH is 1. The number of nitrogens with zero attached hydrogens (tertiary/aromatic N) is 4. The van der Waals surface area contributed by atoms with Crippen LogP contribution < -0.4 is 0 Å². The Balaban J connectivity index is 1.58. The zero-order chi connectivity index (χ0) is 27.2. The van der Waals surface area contributed by atoms with Gasteiger partial charge in [-0.3, -0.25) is 4.98 Å². The predicted molar refractivity (Wildman–Crippen MR) is 145 cm³/mol. The molecule has 1 amide bonds. The number of rotatable bonds is 3. The van der Waals surface area contributed by atoms with Gasteiger partial charge in [0.25, 0.3) is 0 Å². The normalized spacial score (nSPS) is 20.7. The lowest BCUT2D eigenvalue weighted by Crippen LogP contribution is -2.47. The summed E-state index contributed by atoms with van der Waals surface area (Å²) in [6.45, 7) is 6.44. The number of ether oxygens (including phenoxy) is 1. The number of carbonyl (C=O) groups is 1. The fourth-order valence-electron chi connectivity index (χ4n) is 5.55. The highest BCUT2D eigenvalue weighted by molar-refractivity contribution is 6.30. The van der Waals surface area contributed by atoms with Crippen LogP contribution in [-0.4, -0.2) is 54.4 Å². The minimum absolute atomic E-state index is 0.239. The number of hydrogen-bond acceptors (Lipinski definition) is 6. The maximum Gasteiger partial charge on any atom is 0.410 e. The number of piperidine rings is 1. The number of aryl methyl sites for hydroxylation is 1. The highest BCUT2D eigenvalue weighted by Crippen LogP contribution is 2.49. The lowest BCUT2D eigenvalue weighted by molar-refractivity contribution is -0.0263. The van der Waals surface area contributed by atoms with Gasteiger partial charge in [-0.15, -0.1) is 0 Å². The van der Waals surface area contributed by atoms with Crippen LogP contribution in [-0.2, 0) is 17.4 Å². The minimum Gasteiger partial charge on any atom is -0.444 e. The number of hydrogen-bond donors (Lipinski definition) is 2. The maximum absolute atomic E-state index is 12.7. The Morgan fingerprint density at radius 2 is 1.97 bits per heavy atom. The molecule has 3 heterocycles. The van der Waals surface area contributed by atoms with Crippen molar-refractivity contribution in [1.82, 2.24) is 19.4 Å². The van der Waals surface area contributed by atoms with E-state index in [0.717, 1.165) is 0 Å². The lowest BCUT2D eigenvalue weighted by Gasteiger charge is -2.42. The van der Waals surface area contributed by atoms with E-state index in [0.29, 0.717) is 64.6 Å². The summed E-state index contributed by atoms with van der Waals surface area (Å²) in [5.74, 6) is -0.239. The van der Waals surface area contributed by atoms with E-state index in [4.69, 9.17) is 16.3 Å². The molecule has 9 heteroatoms. The number of likely N-dealkylation sites (tertiary alicyclic amines) is 1. The maximum atomic E-state index is 12.7. The van der Waals surface area contributed by atoms with Gasteiger partial charge < -0.3 is 24.4 Å². The van der Waals surface area contributed by atoms with Gasteiger partial charge in [-0.05, 0) is 80.2 Å². The van der Waals surface area contributed by atoms with Crippen molar-refractivity contribution in [2.24, 2.45) is 13.0 Å². The Kier molecular flexibility index (Phi) is 6.84. The first-order chi connectivity index (χ1) is 18.0. The van der Waals surface area contributed by atoms with Crippen LogP contribution in [0.1, 0.15) is 67.8 Å². The first kappa shape index (κ1) is 26.4. The average molecular weight is 537 g/mol. The van der Waals surface area contributed by atoms with Crippen molar-refractivity contribution in [3.8, 4) is 0 Å². The number of pyridine rings is 1. The van der Waals surface area contributed by atoms with Crippen molar-refractivity contribution in [2.75, 3.05) is 13.1 Å². The van der Waals surface area contributed by atoms with E-state index in [1.807, 2.05) is 52.1 Å². The molecule has 1 saturated heterocycles. The summed E-state index contributed by atoms with van der Waals surface area (Å²) >= 11 is 6.47. The lowest BCUT2D eigenvalue weighted by atomic mass is 9.72. The van der Waals surface area contributed by atoms with Crippen LogP contribution in [0.2, 0.25) is 5.02 Å². The van der Waals surface area contributed by atoms with E-state index in [9.17, 15) is 15.0 Å². The third kappa shape index (κ3) is 4.72. The highest BCUT2D eigenvalue weighted by atomic mass is 35.5. The Hall–Kier alpha value is -3.20. The van der Waals surface area contributed by atoms with Crippen LogP contribution in [0.5, 0.6) is 0 Å². The molecule has 1 fully saturated rings. The molecule has 8 nitrogen and oxygen atoms in total. The molecule has 200 valence electrons. The number of carbonyl (C=O) groups excluding carboxylic acids is 1. The SMILES string of the molecule is Cn1cncc1C(O)C1=Cc2cccnc2C(O)(C2CCN(C(=O)OC(C)(C)C)CC2)c2ccc(Cl)cc21. The number of fused-ring (bicyclic) bond motifs is 2. The van der Waals surface area contributed by atoms with Crippen LogP contribution in [0, 0.1) is 5.92 Å². The van der Waals surface area contributed by atoms with Gasteiger partial charge in [0.15, 0.2) is 0 Å². The van der Waals surface area contributed by atoms with Gasteiger partial charge in [-0.2, -0.15) is 0 Å². The standard InChI is InChI=1S/C29H33ClN4O4/c1-28(2,3)38-27(36)34-12-9-19(10-13-34)29(37)23-8-7-20(30)15-21(23)22(14-18-6-5-11-32-26(18)29)25(35)24-16-31-17-33(24)4/h5-8,11,14-17,19,25,35,37H,9-10,12-13H2,1-4H3. The Bertz CT molecular complexity index is 1390. The van der Waals surface area contributed by atoms with Gasteiger partial charge in [0.2, 0.25) is 0 Å². The van der Waals surface area contributed by atoms with Crippen LogP contribution >= 0.6 is 11.6 Å². The number of benzene rings is 1. The number of aromatic nitrogens is 3. The van der Waals surface area contributed by atoms with Crippen molar-refractivity contribution in [3.63, 3.8) is 0 Å². The fourth-order valence-corrected chi connectivity index (χ4v) is 5.72. The summed E-state index contributed by atoms with van der Waals surface area (Å²) in [6.07, 6.45) is 6.56. The van der Waals surface area contributed by atoms with E-state index in [-0.39, 0.29) is 12.0 Å². The van der Waals surface area contributed by atoms with Gasteiger partial charge in [-0.1, -0.05) is 23.7 Å². The molecule has 0 radical (unpaired) electrons. The molecular formula is C29H33ClN4O4. The molecule has 38 heavy (non-hydrogen) atoms. The largest absolute Gasteiger partial charge is 0.444 e. The minimum atomic E-state index is -1.47. The average Bonchev–Trinajstić information content (AvgIpc) is 3.27. The molecule has 1 aliphatic carbocycles. The molecule has 0 bridgehead atoms. The van der Waals surface area contributed by atoms with Crippen LogP contribution in [0.4, 0.5) is 4.79 Å². The Labute approximate surface area is 227 Å². The summed E-state index contributed by atoms with van der Waals surface area (Å²) in [7, 11) is 1.83. The summed E-state index contributed by atoms with van der Waals surface area (Å²) in [6, 6.07) is 9.08. The van der Waals surface area contributed by atoms with Crippen molar-refractivity contribution in [3.05, 3.63) is 82.2 Å². The van der Waals surface area contributed by atoms with Gasteiger partial charge in [0.1, 0.15) is 17.3 Å². The van der Waals surface area contributed by atoms with Gasteiger partial charge >= 0.3 is 6.09 Å². The molecule has 1 aliphatic heterocycles. The Morgan fingerprint density at radius 3 is 2.63 bits per heavy atom. The quantitative estimate of drug-likeness (QED) is 0.492. The molecule has 0 spiro atoms. The van der Waals surface area contributed by atoms with Crippen molar-refractivity contribution >= 4 is 29.3 Å². The molecule has 2 aliphatic rings. The van der Waals surface area contributed by atoms with Gasteiger partial charge in [-0.25, -0.2) is 9.78 Å². The molecule has 2 N–H and O–H groups in total. The first-order valence-corrected chi connectivity index (χ1v) is 13.2. The van der Waals surface area contributed by atoms with Gasteiger partial charge in [0.05, 0.1) is 23.9 Å². The second kappa shape index (κ2) is 9.84. The zero-order valence-electron chi connectivity index (χ0n) is 22.1. The molecule has 2 atom stereocenters. The van der Waals surface area contributed by atoms with E-state index >= 15 is 0 Å². The number of imidazole rings is 1. The topological polar surface area (TPSA) is 101 Å². The number of aliphatic hydroxyl groups is 2. The van der Waals surface area contributed by atoms with E-state index < -0.39 is 17.3 Å². The summed E-state index contributed by atoms with van der Waals surface area (Å²) in [5, 5.41) is 24.7. The predicted octanol–water partition coefficient (Wildman–Crippen LogP) is 4.94. The summed E-state index contributed by atoms with van der Waals surface area (Å²) < 4.78 is 7.34. The third-order valence-corrected chi connectivity index (χ3v) is 7.62. The molecule has 2 unspecified atom stereocenters. The van der Waals surface area contributed by atoms with Gasteiger partial charge in [0, 0.05) is 37.3 Å². The Morgan fingerprint density at radius 1 is 1.24 bits per heavy atom. The fraction of sp³-hybridized carbons (Fsp3) is 0.414. The second-order valence-corrected chi connectivity index (χ2v) is 11.5.